The fraction of sp³-hybridized carbons (Fsp3) is 0. The van der Waals surface area contributed by atoms with E-state index in [2.05, 4.69) is 114 Å². The summed E-state index contributed by atoms with van der Waals surface area (Å²) in [4.78, 5) is 5.02. The summed E-state index contributed by atoms with van der Waals surface area (Å²) in [6, 6.07) is 40.0. The van der Waals surface area contributed by atoms with Crippen molar-refractivity contribution in [1.29, 1.82) is 0 Å². The van der Waals surface area contributed by atoms with E-state index in [9.17, 15) is 0 Å². The van der Waals surface area contributed by atoms with E-state index >= 15 is 0 Å². The van der Waals surface area contributed by atoms with Crippen LogP contribution in [0.15, 0.2) is 122 Å². The molecule has 0 spiro atoms. The highest BCUT2D eigenvalue weighted by molar-refractivity contribution is 6.37. The van der Waals surface area contributed by atoms with Crippen molar-refractivity contribution in [2.24, 2.45) is 0 Å². The molecule has 0 amide bonds. The maximum atomic E-state index is 5.02. The van der Waals surface area contributed by atoms with E-state index in [4.69, 9.17) is 4.98 Å². The Morgan fingerprint density at radius 3 is 1.70 bits per heavy atom. The van der Waals surface area contributed by atoms with Gasteiger partial charge in [0.2, 0.25) is 0 Å². The van der Waals surface area contributed by atoms with Gasteiger partial charge in [-0.05, 0) is 82.8 Å². The molecular weight excluding hydrogens is 448 g/mol. The molecular formula is C35H20N2. The summed E-state index contributed by atoms with van der Waals surface area (Å²) < 4.78 is 2.10. The number of nitrogens with zero attached hydrogens (tertiary/aromatic N) is 2. The van der Waals surface area contributed by atoms with Crippen molar-refractivity contribution in [2.45, 2.75) is 0 Å². The minimum absolute atomic E-state index is 0.960. The molecule has 2 nitrogen and oxygen atoms in total. The molecule has 0 fully saturated rings. The molecule has 7 aromatic carbocycles. The first-order valence-corrected chi connectivity index (χ1v) is 12.7. The molecule has 0 saturated carbocycles. The number of rotatable bonds is 1. The molecule has 0 saturated heterocycles. The van der Waals surface area contributed by atoms with E-state index in [1.54, 1.807) is 0 Å². The first-order chi connectivity index (χ1) is 18.3. The summed E-state index contributed by atoms with van der Waals surface area (Å²) in [7, 11) is 0. The van der Waals surface area contributed by atoms with E-state index < -0.39 is 0 Å². The lowest BCUT2D eigenvalue weighted by molar-refractivity contribution is 1.19. The minimum atomic E-state index is 0.960. The molecule has 9 rings (SSSR count). The molecule has 0 N–H and O–H groups in total. The van der Waals surface area contributed by atoms with Crippen molar-refractivity contribution in [3.63, 3.8) is 0 Å². The van der Waals surface area contributed by atoms with E-state index in [1.165, 1.54) is 70.2 Å². The van der Waals surface area contributed by atoms with Gasteiger partial charge in [0.15, 0.2) is 0 Å². The topological polar surface area (TPSA) is 17.3 Å². The van der Waals surface area contributed by atoms with Gasteiger partial charge in [-0.2, -0.15) is 0 Å². The third-order valence-corrected chi connectivity index (χ3v) is 8.11. The summed E-state index contributed by atoms with van der Waals surface area (Å²) in [5, 5.41) is 15.5. The zero-order valence-electron chi connectivity index (χ0n) is 19.9. The second kappa shape index (κ2) is 6.83. The Kier molecular flexibility index (Phi) is 3.56. The lowest BCUT2D eigenvalue weighted by Crippen LogP contribution is -1.90. The van der Waals surface area contributed by atoms with Crippen molar-refractivity contribution in [2.75, 3.05) is 0 Å². The van der Waals surface area contributed by atoms with Crippen LogP contribution in [0.2, 0.25) is 0 Å². The van der Waals surface area contributed by atoms with Crippen LogP contribution in [0.25, 0.3) is 81.5 Å². The molecule has 0 unspecified atom stereocenters. The van der Waals surface area contributed by atoms with E-state index in [-0.39, 0.29) is 0 Å². The predicted molar refractivity (Wildman–Crippen MR) is 157 cm³/mol. The van der Waals surface area contributed by atoms with Crippen LogP contribution in [0.5, 0.6) is 0 Å². The lowest BCUT2D eigenvalue weighted by atomic mass is 9.86. The van der Waals surface area contributed by atoms with Crippen LogP contribution in [-0.2, 0) is 0 Å². The summed E-state index contributed by atoms with van der Waals surface area (Å²) in [5.41, 5.74) is 3.13. The molecule has 2 heterocycles. The number of aromatic nitrogens is 2. The van der Waals surface area contributed by atoms with E-state index in [0.717, 1.165) is 11.3 Å². The second-order valence-electron chi connectivity index (χ2n) is 10.0. The number of hydrogen-bond acceptors (Lipinski definition) is 1. The summed E-state index contributed by atoms with van der Waals surface area (Å²) in [6.45, 7) is 0. The Balaban J connectivity index is 1.62. The molecule has 2 aromatic heterocycles. The van der Waals surface area contributed by atoms with Gasteiger partial charge in [-0.3, -0.25) is 0 Å². The van der Waals surface area contributed by atoms with Gasteiger partial charge >= 0.3 is 0 Å². The maximum Gasteiger partial charge on any atom is 0.137 e. The quantitative estimate of drug-likeness (QED) is 0.219. The third-order valence-electron chi connectivity index (χ3n) is 8.11. The SMILES string of the molecule is c1cc2ccc3cccc4c5cccc6c(-c7cn8ccccc8n7)cc7cccc(c(c1)c2c34)c7c65. The van der Waals surface area contributed by atoms with Crippen molar-refractivity contribution in [3.8, 4) is 11.3 Å². The lowest BCUT2D eigenvalue weighted by Gasteiger charge is -2.17. The Labute approximate surface area is 212 Å². The summed E-state index contributed by atoms with van der Waals surface area (Å²) in [5.74, 6) is 0. The zero-order chi connectivity index (χ0) is 24.1. The Morgan fingerprint density at radius 1 is 0.459 bits per heavy atom. The molecule has 9 aromatic rings. The zero-order valence-corrected chi connectivity index (χ0v) is 19.9. The van der Waals surface area contributed by atoms with Crippen LogP contribution in [0.1, 0.15) is 0 Å². The van der Waals surface area contributed by atoms with Crippen LogP contribution in [0, 0.1) is 0 Å². The average molecular weight is 469 g/mol. The highest BCUT2D eigenvalue weighted by Gasteiger charge is 2.18. The van der Waals surface area contributed by atoms with Gasteiger partial charge in [-0.15, -0.1) is 0 Å². The van der Waals surface area contributed by atoms with Crippen LogP contribution in [0.3, 0.4) is 0 Å². The summed E-state index contributed by atoms with van der Waals surface area (Å²) in [6.07, 6.45) is 4.21. The third kappa shape index (κ3) is 2.47. The molecule has 170 valence electrons. The predicted octanol–water partition coefficient (Wildman–Crippen LogP) is 9.36. The normalized spacial score (nSPS) is 12.3. The first kappa shape index (κ1) is 19.3. The molecule has 0 bridgehead atoms. The van der Waals surface area contributed by atoms with Gasteiger partial charge in [0.25, 0.3) is 0 Å². The van der Waals surface area contributed by atoms with Gasteiger partial charge in [0, 0.05) is 18.0 Å². The number of pyridine rings is 1. The highest BCUT2D eigenvalue weighted by Crippen LogP contribution is 2.45. The van der Waals surface area contributed by atoms with Gasteiger partial charge in [-0.25, -0.2) is 4.98 Å². The van der Waals surface area contributed by atoms with E-state index in [1.807, 2.05) is 12.1 Å². The number of imidazole rings is 1. The molecule has 0 aliphatic rings. The fourth-order valence-corrected chi connectivity index (χ4v) is 6.58. The van der Waals surface area contributed by atoms with E-state index in [0.29, 0.717) is 0 Å². The van der Waals surface area contributed by atoms with Gasteiger partial charge in [0.1, 0.15) is 5.65 Å². The Bertz CT molecular complexity index is 2320. The van der Waals surface area contributed by atoms with Crippen LogP contribution in [0.4, 0.5) is 0 Å². The molecule has 0 atom stereocenters. The van der Waals surface area contributed by atoms with Crippen molar-refractivity contribution in [3.05, 3.63) is 122 Å². The van der Waals surface area contributed by atoms with Crippen molar-refractivity contribution < 1.29 is 0 Å². The Morgan fingerprint density at radius 2 is 1.03 bits per heavy atom. The van der Waals surface area contributed by atoms with Gasteiger partial charge in [0.05, 0.1) is 5.69 Å². The van der Waals surface area contributed by atoms with Gasteiger partial charge in [-0.1, -0.05) is 91.0 Å². The second-order valence-corrected chi connectivity index (χ2v) is 10.0. The van der Waals surface area contributed by atoms with Crippen molar-refractivity contribution >= 4 is 70.3 Å². The van der Waals surface area contributed by atoms with Crippen LogP contribution < -0.4 is 0 Å². The number of hydrogen-bond donors (Lipinski definition) is 0. The maximum absolute atomic E-state index is 5.02. The standard InChI is InChI=1S/C35H20N2/c1-2-18-37-20-30(36-31(37)15-1)29-19-23-9-5-12-25-24-10-3-7-21-16-17-22-8-4-11-26(33(22)32(21)24)27-13-6-14-28(29)35(27)34(23)25/h1-20H. The summed E-state index contributed by atoms with van der Waals surface area (Å²) >= 11 is 0. The Hall–Kier alpha value is -4.95. The minimum Gasteiger partial charge on any atom is -0.306 e. The number of benzene rings is 6. The number of fused-ring (bicyclic) bond motifs is 3. The highest BCUT2D eigenvalue weighted by atomic mass is 15.0. The van der Waals surface area contributed by atoms with Crippen molar-refractivity contribution in [1.82, 2.24) is 9.38 Å². The molecule has 37 heavy (non-hydrogen) atoms. The monoisotopic (exact) mass is 468 g/mol. The largest absolute Gasteiger partial charge is 0.306 e. The fourth-order valence-electron chi connectivity index (χ4n) is 6.58. The smallest absolute Gasteiger partial charge is 0.137 e. The first-order valence-electron chi connectivity index (χ1n) is 12.7. The average Bonchev–Trinajstić information content (AvgIpc) is 3.39. The van der Waals surface area contributed by atoms with Crippen LogP contribution >= 0.6 is 0 Å². The molecule has 0 aliphatic heterocycles. The van der Waals surface area contributed by atoms with Gasteiger partial charge < -0.3 is 4.40 Å². The molecule has 0 aliphatic carbocycles. The van der Waals surface area contributed by atoms with Crippen LogP contribution in [-0.4, -0.2) is 9.38 Å². The molecule has 2 heteroatoms. The molecule has 0 radical (unpaired) electrons.